The van der Waals surface area contributed by atoms with Crippen molar-refractivity contribution < 1.29 is 19.1 Å². The molecule has 1 aliphatic heterocycles. The van der Waals surface area contributed by atoms with E-state index in [1.807, 2.05) is 45.0 Å². The number of para-hydroxylation sites is 1. The van der Waals surface area contributed by atoms with Crippen LogP contribution in [0.2, 0.25) is 0 Å². The first-order chi connectivity index (χ1) is 12.2. The predicted octanol–water partition coefficient (Wildman–Crippen LogP) is 1.79. The molecule has 1 aliphatic rings. The fourth-order valence-electron chi connectivity index (χ4n) is 2.92. The molecule has 0 bridgehead atoms. The molecular formula is C19H29N3O4. The number of methoxy groups -OCH3 is 1. The number of carbonyl (C=O) groups is 2. The summed E-state index contributed by atoms with van der Waals surface area (Å²) in [5, 5.41) is 0. The molecule has 26 heavy (non-hydrogen) atoms. The monoisotopic (exact) mass is 363 g/mol. The summed E-state index contributed by atoms with van der Waals surface area (Å²) in [6, 6.07) is 7.19. The maximum atomic E-state index is 12.2. The Morgan fingerprint density at radius 2 is 1.77 bits per heavy atom. The highest BCUT2D eigenvalue weighted by molar-refractivity contribution is 5.76. The molecule has 1 fully saturated rings. The standard InChI is InChI=1S/C19H29N3O4/c1-19(2,3)26-18(24)22-11-9-21(10-12-22)16-8-6-5-7-14(16)13-15(20)17(23)25-4/h5-8,15H,9-13,20H2,1-4H3. The lowest BCUT2D eigenvalue weighted by Gasteiger charge is -2.37. The summed E-state index contributed by atoms with van der Waals surface area (Å²) in [7, 11) is 1.34. The topological polar surface area (TPSA) is 85.1 Å². The van der Waals surface area contributed by atoms with E-state index in [-0.39, 0.29) is 6.09 Å². The zero-order valence-corrected chi connectivity index (χ0v) is 16.0. The maximum absolute atomic E-state index is 12.2. The Hall–Kier alpha value is -2.28. The summed E-state index contributed by atoms with van der Waals surface area (Å²) in [6.07, 6.45) is 0.132. The van der Waals surface area contributed by atoms with Crippen molar-refractivity contribution in [3.63, 3.8) is 0 Å². The van der Waals surface area contributed by atoms with Gasteiger partial charge in [0.2, 0.25) is 0 Å². The Morgan fingerprint density at radius 1 is 1.15 bits per heavy atom. The maximum Gasteiger partial charge on any atom is 0.410 e. The zero-order chi connectivity index (χ0) is 19.3. The molecule has 1 aromatic rings. The number of anilines is 1. The summed E-state index contributed by atoms with van der Waals surface area (Å²) >= 11 is 0. The van der Waals surface area contributed by atoms with E-state index in [1.165, 1.54) is 7.11 Å². The van der Waals surface area contributed by atoms with E-state index in [1.54, 1.807) is 4.90 Å². The molecule has 0 aromatic heterocycles. The van der Waals surface area contributed by atoms with Gasteiger partial charge in [-0.15, -0.1) is 0 Å². The third-order valence-corrected chi connectivity index (χ3v) is 4.21. The van der Waals surface area contributed by atoms with Crippen molar-refractivity contribution >= 4 is 17.7 Å². The summed E-state index contributed by atoms with van der Waals surface area (Å²) < 4.78 is 10.1. The third kappa shape index (κ3) is 5.36. The van der Waals surface area contributed by atoms with Crippen molar-refractivity contribution in [2.45, 2.75) is 38.8 Å². The van der Waals surface area contributed by atoms with Gasteiger partial charge in [-0.1, -0.05) is 18.2 Å². The molecule has 1 atom stereocenters. The quantitative estimate of drug-likeness (QED) is 0.821. The van der Waals surface area contributed by atoms with Crippen molar-refractivity contribution in [3.05, 3.63) is 29.8 Å². The van der Waals surface area contributed by atoms with E-state index in [2.05, 4.69) is 4.90 Å². The van der Waals surface area contributed by atoms with Crippen molar-refractivity contribution in [2.24, 2.45) is 5.73 Å². The Balaban J connectivity index is 2.01. The van der Waals surface area contributed by atoms with Crippen molar-refractivity contribution in [1.82, 2.24) is 4.90 Å². The highest BCUT2D eigenvalue weighted by Crippen LogP contribution is 2.23. The van der Waals surface area contributed by atoms with Gasteiger partial charge < -0.3 is 25.0 Å². The van der Waals surface area contributed by atoms with Crippen molar-refractivity contribution in [2.75, 3.05) is 38.2 Å². The summed E-state index contributed by atoms with van der Waals surface area (Å²) in [6.45, 7) is 8.16. The van der Waals surface area contributed by atoms with Crippen LogP contribution in [-0.2, 0) is 20.7 Å². The summed E-state index contributed by atoms with van der Waals surface area (Å²) in [5.74, 6) is -0.422. The second kappa shape index (κ2) is 8.40. The number of benzene rings is 1. The molecule has 0 radical (unpaired) electrons. The average molecular weight is 363 g/mol. The second-order valence-corrected chi connectivity index (χ2v) is 7.42. The number of piperazine rings is 1. The zero-order valence-electron chi connectivity index (χ0n) is 16.0. The molecule has 144 valence electrons. The Labute approximate surface area is 155 Å². The number of esters is 1. The molecule has 1 aromatic carbocycles. The highest BCUT2D eigenvalue weighted by Gasteiger charge is 2.27. The molecule has 1 heterocycles. The summed E-state index contributed by atoms with van der Waals surface area (Å²) in [4.78, 5) is 27.7. The van der Waals surface area contributed by atoms with Crippen LogP contribution in [0.4, 0.5) is 10.5 Å². The third-order valence-electron chi connectivity index (χ3n) is 4.21. The number of carbonyl (C=O) groups excluding carboxylic acids is 2. The van der Waals surface area contributed by atoms with Crippen LogP contribution >= 0.6 is 0 Å². The molecule has 7 nitrogen and oxygen atoms in total. The van der Waals surface area contributed by atoms with Crippen LogP contribution in [0.25, 0.3) is 0 Å². The van der Waals surface area contributed by atoms with Gasteiger partial charge in [0.25, 0.3) is 0 Å². The molecule has 7 heteroatoms. The number of ether oxygens (including phenoxy) is 2. The Kier molecular flexibility index (Phi) is 6.47. The lowest BCUT2D eigenvalue weighted by Crippen LogP contribution is -2.50. The van der Waals surface area contributed by atoms with E-state index in [0.29, 0.717) is 32.6 Å². The number of rotatable bonds is 4. The molecule has 1 amide bonds. The van der Waals surface area contributed by atoms with Gasteiger partial charge in [0, 0.05) is 38.3 Å². The van der Waals surface area contributed by atoms with Gasteiger partial charge in [-0.2, -0.15) is 0 Å². The largest absolute Gasteiger partial charge is 0.468 e. The lowest BCUT2D eigenvalue weighted by molar-refractivity contribution is -0.142. The van der Waals surface area contributed by atoms with E-state index >= 15 is 0 Å². The fourth-order valence-corrected chi connectivity index (χ4v) is 2.92. The van der Waals surface area contributed by atoms with Crippen LogP contribution in [0, 0.1) is 0 Å². The van der Waals surface area contributed by atoms with E-state index in [4.69, 9.17) is 15.2 Å². The van der Waals surface area contributed by atoms with Gasteiger partial charge >= 0.3 is 12.1 Å². The van der Waals surface area contributed by atoms with Crippen LogP contribution < -0.4 is 10.6 Å². The molecule has 2 N–H and O–H groups in total. The van der Waals surface area contributed by atoms with Crippen molar-refractivity contribution in [3.8, 4) is 0 Å². The van der Waals surface area contributed by atoms with Gasteiger partial charge in [-0.05, 0) is 32.4 Å². The minimum atomic E-state index is -0.691. The van der Waals surface area contributed by atoms with Crippen LogP contribution in [0.3, 0.4) is 0 Å². The van der Waals surface area contributed by atoms with Gasteiger partial charge in [-0.25, -0.2) is 4.79 Å². The van der Waals surface area contributed by atoms with Crippen molar-refractivity contribution in [1.29, 1.82) is 0 Å². The van der Waals surface area contributed by atoms with Gasteiger partial charge in [0.1, 0.15) is 11.6 Å². The molecule has 0 aliphatic carbocycles. The van der Waals surface area contributed by atoms with Gasteiger partial charge in [-0.3, -0.25) is 4.79 Å². The fraction of sp³-hybridized carbons (Fsp3) is 0.579. The molecule has 1 unspecified atom stereocenters. The molecular weight excluding hydrogens is 334 g/mol. The SMILES string of the molecule is COC(=O)C(N)Cc1ccccc1N1CCN(C(=O)OC(C)(C)C)CC1. The van der Waals surface area contributed by atoms with E-state index < -0.39 is 17.6 Å². The first kappa shape index (κ1) is 20.0. The van der Waals surface area contributed by atoms with Gasteiger partial charge in [0.15, 0.2) is 0 Å². The van der Waals surface area contributed by atoms with E-state index in [0.717, 1.165) is 11.3 Å². The molecule has 2 rings (SSSR count). The number of nitrogens with two attached hydrogens (primary N) is 1. The Morgan fingerprint density at radius 3 is 2.35 bits per heavy atom. The van der Waals surface area contributed by atoms with Gasteiger partial charge in [0.05, 0.1) is 7.11 Å². The highest BCUT2D eigenvalue weighted by atomic mass is 16.6. The average Bonchev–Trinajstić information content (AvgIpc) is 2.60. The minimum absolute atomic E-state index is 0.279. The second-order valence-electron chi connectivity index (χ2n) is 7.42. The number of hydrogen-bond donors (Lipinski definition) is 1. The van der Waals surface area contributed by atoms with E-state index in [9.17, 15) is 9.59 Å². The number of hydrogen-bond acceptors (Lipinski definition) is 6. The van der Waals surface area contributed by atoms with Crippen LogP contribution in [0.5, 0.6) is 0 Å². The first-order valence-corrected chi connectivity index (χ1v) is 8.85. The minimum Gasteiger partial charge on any atom is -0.468 e. The van der Waals surface area contributed by atoms with Crippen LogP contribution in [0.1, 0.15) is 26.3 Å². The predicted molar refractivity (Wildman–Crippen MR) is 100 cm³/mol. The molecule has 1 saturated heterocycles. The smallest absolute Gasteiger partial charge is 0.410 e. The normalized spacial score (nSPS) is 16.2. The van der Waals surface area contributed by atoms with Crippen LogP contribution in [-0.4, -0.2) is 61.9 Å². The molecule has 0 saturated carbocycles. The number of nitrogens with zero attached hydrogens (tertiary/aromatic N) is 2. The molecule has 0 spiro atoms. The number of amides is 1. The lowest BCUT2D eigenvalue weighted by atomic mass is 10.0. The Bertz CT molecular complexity index is 634. The van der Waals surface area contributed by atoms with Crippen LogP contribution in [0.15, 0.2) is 24.3 Å². The summed E-state index contributed by atoms with van der Waals surface area (Å²) in [5.41, 5.74) is 7.46. The first-order valence-electron chi connectivity index (χ1n) is 8.85.